The molecule has 0 radical (unpaired) electrons. The third kappa shape index (κ3) is 3.03. The fourth-order valence-electron chi connectivity index (χ4n) is 2.67. The van der Waals surface area contributed by atoms with E-state index < -0.39 is 0 Å². The molecule has 1 aliphatic heterocycles. The van der Waals surface area contributed by atoms with Crippen LogP contribution in [0, 0.1) is 0 Å². The van der Waals surface area contributed by atoms with Crippen LogP contribution in [-0.4, -0.2) is 31.3 Å². The van der Waals surface area contributed by atoms with Crippen LogP contribution in [0.15, 0.2) is 53.9 Å². The molecule has 7 heteroatoms. The number of nitrogens with zero attached hydrogens (tertiary/aromatic N) is 3. The molecular formula is C17H15N5OS. The number of carbonyl (C=O) groups excluding carboxylic acids is 1. The number of aromatic amines is 1. The number of nitrogens with one attached hydrogen (secondary N) is 2. The van der Waals surface area contributed by atoms with Gasteiger partial charge in [0.25, 0.3) is 0 Å². The molecule has 24 heavy (non-hydrogen) atoms. The first-order valence-electron chi connectivity index (χ1n) is 7.68. The SMILES string of the molecule is O=C1Nc2ccccc2CC[C@H]1Sc1n[nH]c(-c2ccncc2)n1. The van der Waals surface area contributed by atoms with Gasteiger partial charge in [0.1, 0.15) is 0 Å². The first-order valence-corrected chi connectivity index (χ1v) is 8.56. The van der Waals surface area contributed by atoms with Crippen LogP contribution in [0.25, 0.3) is 11.4 Å². The molecule has 2 aromatic heterocycles. The zero-order valence-electron chi connectivity index (χ0n) is 12.8. The van der Waals surface area contributed by atoms with Crippen LogP contribution in [0.3, 0.4) is 0 Å². The fraction of sp³-hybridized carbons (Fsp3) is 0.176. The van der Waals surface area contributed by atoms with Crippen LogP contribution in [0.1, 0.15) is 12.0 Å². The predicted molar refractivity (Wildman–Crippen MR) is 92.7 cm³/mol. The standard InChI is InChI=1S/C17H15N5OS/c23-16-14(6-5-11-3-1-2-4-13(11)19-16)24-17-20-15(21-22-17)12-7-9-18-10-8-12/h1-4,7-10,14H,5-6H2,(H,19,23)(H,20,21,22)/t14-/m1/s1. The highest BCUT2D eigenvalue weighted by Crippen LogP contribution is 2.30. The van der Waals surface area contributed by atoms with E-state index >= 15 is 0 Å². The Morgan fingerprint density at radius 1 is 1.12 bits per heavy atom. The van der Waals surface area contributed by atoms with Crippen molar-refractivity contribution in [3.63, 3.8) is 0 Å². The van der Waals surface area contributed by atoms with E-state index in [-0.39, 0.29) is 11.2 Å². The summed E-state index contributed by atoms with van der Waals surface area (Å²) in [5.41, 5.74) is 2.99. The summed E-state index contributed by atoms with van der Waals surface area (Å²) in [5, 5.41) is 10.5. The number of hydrogen-bond acceptors (Lipinski definition) is 5. The van der Waals surface area contributed by atoms with Crippen molar-refractivity contribution in [1.29, 1.82) is 0 Å². The molecule has 2 N–H and O–H groups in total. The highest BCUT2D eigenvalue weighted by molar-refractivity contribution is 8.00. The third-order valence-electron chi connectivity index (χ3n) is 3.91. The number of aryl methyl sites for hydroxylation is 1. The summed E-state index contributed by atoms with van der Waals surface area (Å²) in [6.45, 7) is 0. The molecule has 1 aromatic carbocycles. The summed E-state index contributed by atoms with van der Waals surface area (Å²) in [6, 6.07) is 11.6. The lowest BCUT2D eigenvalue weighted by Crippen LogP contribution is -2.23. The fourth-order valence-corrected chi connectivity index (χ4v) is 3.57. The molecule has 0 saturated heterocycles. The van der Waals surface area contributed by atoms with Gasteiger partial charge in [-0.05, 0) is 36.6 Å². The van der Waals surface area contributed by atoms with Gasteiger partial charge in [0.05, 0.1) is 5.25 Å². The molecule has 1 amide bonds. The Kier molecular flexibility index (Phi) is 4.00. The van der Waals surface area contributed by atoms with E-state index in [1.165, 1.54) is 17.3 Å². The van der Waals surface area contributed by atoms with Gasteiger partial charge in [0.2, 0.25) is 11.1 Å². The average Bonchev–Trinajstić information content (AvgIpc) is 3.02. The summed E-state index contributed by atoms with van der Waals surface area (Å²) in [5.74, 6) is 0.678. The lowest BCUT2D eigenvalue weighted by molar-refractivity contribution is -0.115. The van der Waals surface area contributed by atoms with Gasteiger partial charge in [0.15, 0.2) is 5.82 Å². The number of pyridine rings is 1. The maximum atomic E-state index is 12.5. The number of thioether (sulfide) groups is 1. The molecule has 3 heterocycles. The van der Waals surface area contributed by atoms with Gasteiger partial charge in [-0.2, -0.15) is 0 Å². The van der Waals surface area contributed by atoms with E-state index in [1.807, 2.05) is 30.3 Å². The number of amides is 1. The average molecular weight is 337 g/mol. The van der Waals surface area contributed by atoms with Crippen LogP contribution in [0.5, 0.6) is 0 Å². The Morgan fingerprint density at radius 2 is 1.96 bits per heavy atom. The minimum atomic E-state index is -0.210. The van der Waals surface area contributed by atoms with E-state index in [0.717, 1.165) is 24.1 Å². The minimum absolute atomic E-state index is 0.000195. The van der Waals surface area contributed by atoms with Crippen molar-refractivity contribution >= 4 is 23.4 Å². The summed E-state index contributed by atoms with van der Waals surface area (Å²) >= 11 is 1.39. The van der Waals surface area contributed by atoms with Crippen molar-refractivity contribution in [2.45, 2.75) is 23.2 Å². The molecule has 3 aromatic rings. The van der Waals surface area contributed by atoms with Gasteiger partial charge in [-0.15, -0.1) is 5.10 Å². The number of benzene rings is 1. The lowest BCUT2D eigenvalue weighted by atomic mass is 10.1. The van der Waals surface area contributed by atoms with Crippen LogP contribution >= 0.6 is 11.8 Å². The Balaban J connectivity index is 1.50. The summed E-state index contributed by atoms with van der Waals surface area (Å²) < 4.78 is 0. The van der Waals surface area contributed by atoms with Crippen LogP contribution in [-0.2, 0) is 11.2 Å². The summed E-state index contributed by atoms with van der Waals surface area (Å²) in [4.78, 5) is 20.9. The monoisotopic (exact) mass is 337 g/mol. The van der Waals surface area contributed by atoms with Crippen LogP contribution in [0.4, 0.5) is 5.69 Å². The zero-order chi connectivity index (χ0) is 16.4. The van der Waals surface area contributed by atoms with E-state index in [0.29, 0.717) is 11.0 Å². The van der Waals surface area contributed by atoms with Gasteiger partial charge >= 0.3 is 0 Å². The van der Waals surface area contributed by atoms with Crippen molar-refractivity contribution in [3.05, 3.63) is 54.4 Å². The van der Waals surface area contributed by atoms with Gasteiger partial charge in [-0.25, -0.2) is 4.98 Å². The Bertz CT molecular complexity index is 864. The van der Waals surface area contributed by atoms with E-state index in [2.05, 4.69) is 31.5 Å². The number of hydrogen-bond donors (Lipinski definition) is 2. The predicted octanol–water partition coefficient (Wildman–Crippen LogP) is 2.91. The highest BCUT2D eigenvalue weighted by atomic mass is 32.2. The maximum absolute atomic E-state index is 12.5. The number of fused-ring (bicyclic) bond motifs is 1. The Labute approximate surface area is 143 Å². The number of rotatable bonds is 3. The minimum Gasteiger partial charge on any atom is -0.325 e. The molecule has 0 spiro atoms. The van der Waals surface area contributed by atoms with Crippen molar-refractivity contribution in [3.8, 4) is 11.4 Å². The molecule has 0 aliphatic carbocycles. The largest absolute Gasteiger partial charge is 0.325 e. The second kappa shape index (κ2) is 6.45. The smallest absolute Gasteiger partial charge is 0.237 e. The van der Waals surface area contributed by atoms with E-state index in [9.17, 15) is 4.79 Å². The second-order valence-electron chi connectivity index (χ2n) is 5.49. The number of aromatic nitrogens is 4. The first kappa shape index (κ1) is 14.9. The van der Waals surface area contributed by atoms with E-state index in [4.69, 9.17) is 0 Å². The summed E-state index contributed by atoms with van der Waals surface area (Å²) in [7, 11) is 0. The Morgan fingerprint density at radius 3 is 2.83 bits per heavy atom. The normalized spacial score (nSPS) is 17.0. The zero-order valence-corrected chi connectivity index (χ0v) is 13.6. The van der Waals surface area contributed by atoms with Crippen molar-refractivity contribution < 1.29 is 4.79 Å². The van der Waals surface area contributed by atoms with Crippen LogP contribution in [0.2, 0.25) is 0 Å². The number of carbonyl (C=O) groups is 1. The van der Waals surface area contributed by atoms with Crippen molar-refractivity contribution in [2.75, 3.05) is 5.32 Å². The van der Waals surface area contributed by atoms with Crippen molar-refractivity contribution in [2.24, 2.45) is 0 Å². The number of anilines is 1. The van der Waals surface area contributed by atoms with Crippen molar-refractivity contribution in [1.82, 2.24) is 20.2 Å². The topological polar surface area (TPSA) is 83.6 Å². The number of H-pyrrole nitrogens is 1. The molecule has 0 saturated carbocycles. The first-order chi connectivity index (χ1) is 11.8. The maximum Gasteiger partial charge on any atom is 0.237 e. The van der Waals surface area contributed by atoms with Crippen LogP contribution < -0.4 is 5.32 Å². The highest BCUT2D eigenvalue weighted by Gasteiger charge is 2.25. The second-order valence-corrected chi connectivity index (χ2v) is 6.66. The van der Waals surface area contributed by atoms with Gasteiger partial charge in [-0.3, -0.25) is 14.9 Å². The molecule has 4 rings (SSSR count). The van der Waals surface area contributed by atoms with E-state index in [1.54, 1.807) is 12.4 Å². The molecular weight excluding hydrogens is 322 g/mol. The number of para-hydroxylation sites is 1. The molecule has 6 nitrogen and oxygen atoms in total. The molecule has 0 fully saturated rings. The molecule has 120 valence electrons. The lowest BCUT2D eigenvalue weighted by Gasteiger charge is -2.10. The molecule has 1 atom stereocenters. The molecule has 0 bridgehead atoms. The summed E-state index contributed by atoms with van der Waals surface area (Å²) in [6.07, 6.45) is 5.03. The third-order valence-corrected chi connectivity index (χ3v) is 5.04. The quantitative estimate of drug-likeness (QED) is 0.768. The molecule has 0 unspecified atom stereocenters. The molecule has 1 aliphatic rings. The Hall–Kier alpha value is -2.67. The van der Waals surface area contributed by atoms with Gasteiger partial charge in [0, 0.05) is 23.6 Å². The van der Waals surface area contributed by atoms with Gasteiger partial charge < -0.3 is 5.32 Å². The van der Waals surface area contributed by atoms with Gasteiger partial charge in [-0.1, -0.05) is 30.0 Å².